The van der Waals surface area contributed by atoms with E-state index in [9.17, 15) is 0 Å². The molecule has 1 N–H and O–H groups in total. The van der Waals surface area contributed by atoms with E-state index in [1.807, 2.05) is 12.1 Å². The van der Waals surface area contributed by atoms with E-state index in [1.54, 1.807) is 6.07 Å². The van der Waals surface area contributed by atoms with Crippen LogP contribution in [-0.4, -0.2) is 9.97 Å². The van der Waals surface area contributed by atoms with Crippen molar-refractivity contribution < 1.29 is 0 Å². The highest BCUT2D eigenvalue weighted by atomic mass is 35.5. The molecule has 1 aromatic carbocycles. The van der Waals surface area contributed by atoms with Gasteiger partial charge in [-0.05, 0) is 30.5 Å². The van der Waals surface area contributed by atoms with E-state index in [0.29, 0.717) is 5.15 Å². The van der Waals surface area contributed by atoms with Crippen LogP contribution in [-0.2, 0) is 12.8 Å². The number of benzene rings is 1. The Kier molecular flexibility index (Phi) is 4.74. The van der Waals surface area contributed by atoms with Crippen LogP contribution in [0.1, 0.15) is 31.7 Å². The van der Waals surface area contributed by atoms with Gasteiger partial charge in [-0.1, -0.05) is 37.6 Å². The van der Waals surface area contributed by atoms with E-state index < -0.39 is 0 Å². The molecule has 0 atom stereocenters. The maximum atomic E-state index is 6.02. The molecule has 0 aliphatic carbocycles. The average molecular weight is 276 g/mol. The molecule has 1 aromatic heterocycles. The van der Waals surface area contributed by atoms with Crippen LogP contribution in [0.15, 0.2) is 30.3 Å². The van der Waals surface area contributed by atoms with Crippen LogP contribution in [0.2, 0.25) is 5.15 Å². The van der Waals surface area contributed by atoms with Crippen molar-refractivity contribution in [2.24, 2.45) is 0 Å². The molecule has 0 fully saturated rings. The number of rotatable bonds is 5. The second-order valence-corrected chi connectivity index (χ2v) is 4.81. The Morgan fingerprint density at radius 1 is 1.16 bits per heavy atom. The zero-order valence-corrected chi connectivity index (χ0v) is 12.0. The fourth-order valence-corrected chi connectivity index (χ4v) is 2.08. The molecule has 1 heterocycles. The van der Waals surface area contributed by atoms with Crippen LogP contribution >= 0.6 is 11.6 Å². The first kappa shape index (κ1) is 13.8. The van der Waals surface area contributed by atoms with Crippen molar-refractivity contribution in [2.75, 3.05) is 5.32 Å². The molecule has 0 amide bonds. The van der Waals surface area contributed by atoms with Crippen LogP contribution < -0.4 is 5.32 Å². The molecule has 4 heteroatoms. The van der Waals surface area contributed by atoms with E-state index in [2.05, 4.69) is 41.3 Å². The topological polar surface area (TPSA) is 37.8 Å². The monoisotopic (exact) mass is 275 g/mol. The molecule has 0 unspecified atom stereocenters. The van der Waals surface area contributed by atoms with Crippen molar-refractivity contribution >= 4 is 23.1 Å². The van der Waals surface area contributed by atoms with Gasteiger partial charge in [-0.3, -0.25) is 0 Å². The first-order valence-corrected chi connectivity index (χ1v) is 6.98. The van der Waals surface area contributed by atoms with Gasteiger partial charge in [0.2, 0.25) is 0 Å². The minimum Gasteiger partial charge on any atom is -0.340 e. The predicted molar refractivity (Wildman–Crippen MR) is 80.1 cm³/mol. The molecule has 2 aromatic rings. The number of anilines is 2. The molecular weight excluding hydrogens is 258 g/mol. The number of nitrogens with zero attached hydrogens (tertiary/aromatic N) is 2. The summed E-state index contributed by atoms with van der Waals surface area (Å²) in [4.78, 5) is 8.68. The number of hydrogen-bond donors (Lipinski definition) is 1. The van der Waals surface area contributed by atoms with E-state index in [0.717, 1.165) is 36.6 Å². The second kappa shape index (κ2) is 6.53. The van der Waals surface area contributed by atoms with Crippen LogP contribution in [0.25, 0.3) is 0 Å². The molecule has 100 valence electrons. The fourth-order valence-electron chi connectivity index (χ4n) is 1.88. The summed E-state index contributed by atoms with van der Waals surface area (Å²) in [5, 5.41) is 3.76. The minimum atomic E-state index is 0.479. The van der Waals surface area contributed by atoms with Crippen LogP contribution in [0.4, 0.5) is 11.5 Å². The number of aryl methyl sites for hydroxylation is 2. The van der Waals surface area contributed by atoms with Gasteiger partial charge in [-0.15, -0.1) is 0 Å². The highest BCUT2D eigenvalue weighted by Crippen LogP contribution is 2.19. The molecule has 0 spiro atoms. The van der Waals surface area contributed by atoms with E-state index in [1.165, 1.54) is 5.56 Å². The summed E-state index contributed by atoms with van der Waals surface area (Å²) >= 11 is 6.02. The fraction of sp³-hybridized carbons (Fsp3) is 0.333. The van der Waals surface area contributed by atoms with Gasteiger partial charge in [0.15, 0.2) is 0 Å². The summed E-state index contributed by atoms with van der Waals surface area (Å²) in [5.74, 6) is 1.53. The van der Waals surface area contributed by atoms with Gasteiger partial charge in [0.25, 0.3) is 0 Å². The Labute approximate surface area is 119 Å². The Morgan fingerprint density at radius 3 is 2.74 bits per heavy atom. The lowest BCUT2D eigenvalue weighted by molar-refractivity contribution is 0.837. The van der Waals surface area contributed by atoms with E-state index in [-0.39, 0.29) is 0 Å². The van der Waals surface area contributed by atoms with Gasteiger partial charge in [0, 0.05) is 18.2 Å². The van der Waals surface area contributed by atoms with Crippen molar-refractivity contribution in [3.63, 3.8) is 0 Å². The number of halogens is 1. The largest absolute Gasteiger partial charge is 0.340 e. The standard InChI is InChI=1S/C15H18ClN3/c1-3-6-14-18-13(16)10-15(19-14)17-12-8-5-7-11(4-2)9-12/h5,7-10H,3-4,6H2,1-2H3,(H,17,18,19). The lowest BCUT2D eigenvalue weighted by atomic mass is 10.1. The third-order valence-corrected chi connectivity index (χ3v) is 3.02. The summed E-state index contributed by atoms with van der Waals surface area (Å²) in [6.45, 7) is 4.24. The minimum absolute atomic E-state index is 0.479. The molecule has 0 aliphatic rings. The van der Waals surface area contributed by atoms with Gasteiger partial charge in [-0.25, -0.2) is 9.97 Å². The maximum Gasteiger partial charge on any atom is 0.135 e. The molecule has 0 radical (unpaired) electrons. The normalized spacial score (nSPS) is 10.5. The molecule has 19 heavy (non-hydrogen) atoms. The van der Waals surface area contributed by atoms with E-state index >= 15 is 0 Å². The summed E-state index contributed by atoms with van der Waals surface area (Å²) in [5.41, 5.74) is 2.32. The number of hydrogen-bond acceptors (Lipinski definition) is 3. The maximum absolute atomic E-state index is 6.02. The van der Waals surface area contributed by atoms with Crippen molar-refractivity contribution in [1.29, 1.82) is 0 Å². The molecule has 2 rings (SSSR count). The number of aromatic nitrogens is 2. The van der Waals surface area contributed by atoms with Crippen LogP contribution in [0.3, 0.4) is 0 Å². The highest BCUT2D eigenvalue weighted by molar-refractivity contribution is 6.29. The zero-order chi connectivity index (χ0) is 13.7. The van der Waals surface area contributed by atoms with Crippen molar-refractivity contribution in [3.05, 3.63) is 46.9 Å². The quantitative estimate of drug-likeness (QED) is 0.823. The van der Waals surface area contributed by atoms with Gasteiger partial charge < -0.3 is 5.32 Å². The lowest BCUT2D eigenvalue weighted by Crippen LogP contribution is -2.00. The van der Waals surface area contributed by atoms with Crippen molar-refractivity contribution in [2.45, 2.75) is 33.1 Å². The third-order valence-electron chi connectivity index (χ3n) is 2.82. The molecule has 0 bridgehead atoms. The Balaban J connectivity index is 2.22. The summed E-state index contributed by atoms with van der Waals surface area (Å²) in [6, 6.07) is 10.0. The van der Waals surface area contributed by atoms with Gasteiger partial charge >= 0.3 is 0 Å². The third kappa shape index (κ3) is 3.93. The summed E-state index contributed by atoms with van der Waals surface area (Å²) in [6.07, 6.45) is 2.86. The van der Waals surface area contributed by atoms with Gasteiger partial charge in [-0.2, -0.15) is 0 Å². The smallest absolute Gasteiger partial charge is 0.135 e. The van der Waals surface area contributed by atoms with Gasteiger partial charge in [0.05, 0.1) is 0 Å². The first-order chi connectivity index (χ1) is 9.21. The first-order valence-electron chi connectivity index (χ1n) is 6.60. The van der Waals surface area contributed by atoms with Crippen LogP contribution in [0.5, 0.6) is 0 Å². The van der Waals surface area contributed by atoms with Gasteiger partial charge in [0.1, 0.15) is 16.8 Å². The number of nitrogens with one attached hydrogen (secondary N) is 1. The zero-order valence-electron chi connectivity index (χ0n) is 11.3. The SMILES string of the molecule is CCCc1nc(Cl)cc(Nc2cccc(CC)c2)n1. The Morgan fingerprint density at radius 2 is 2.00 bits per heavy atom. The predicted octanol–water partition coefficient (Wildman–Crippen LogP) is 4.39. The molecule has 0 saturated heterocycles. The Bertz CT molecular complexity index is 555. The summed E-state index contributed by atoms with van der Waals surface area (Å²) in [7, 11) is 0. The Hall–Kier alpha value is -1.61. The summed E-state index contributed by atoms with van der Waals surface area (Å²) < 4.78 is 0. The molecular formula is C15H18ClN3. The molecule has 0 saturated carbocycles. The second-order valence-electron chi connectivity index (χ2n) is 4.42. The highest BCUT2D eigenvalue weighted by Gasteiger charge is 2.03. The van der Waals surface area contributed by atoms with Crippen LogP contribution in [0, 0.1) is 0 Å². The van der Waals surface area contributed by atoms with E-state index in [4.69, 9.17) is 11.6 Å². The van der Waals surface area contributed by atoms with Crippen molar-refractivity contribution in [3.8, 4) is 0 Å². The molecule has 0 aliphatic heterocycles. The average Bonchev–Trinajstić information content (AvgIpc) is 2.38. The molecule has 3 nitrogen and oxygen atoms in total. The van der Waals surface area contributed by atoms with Crippen molar-refractivity contribution in [1.82, 2.24) is 9.97 Å². The lowest BCUT2D eigenvalue weighted by Gasteiger charge is -2.08.